The Morgan fingerprint density at radius 2 is 2.00 bits per heavy atom. The lowest BCUT2D eigenvalue weighted by molar-refractivity contribution is 0.0110. The Labute approximate surface area is 221 Å². The average Bonchev–Trinajstić information content (AvgIpc) is 2.90. The lowest BCUT2D eigenvalue weighted by atomic mass is 9.84. The normalized spacial score (nSPS) is 17.2. The summed E-state index contributed by atoms with van der Waals surface area (Å²) in [6.45, 7) is 8.57. The molecule has 1 aromatic carbocycles. The van der Waals surface area contributed by atoms with Gasteiger partial charge in [-0.25, -0.2) is 4.98 Å². The second kappa shape index (κ2) is 10.4. The number of ether oxygens (including phenoxy) is 1. The highest BCUT2D eigenvalue weighted by molar-refractivity contribution is 6.08. The molecule has 1 fully saturated rings. The van der Waals surface area contributed by atoms with E-state index in [4.69, 9.17) is 4.74 Å². The van der Waals surface area contributed by atoms with Crippen LogP contribution in [0, 0.1) is 12.8 Å². The van der Waals surface area contributed by atoms with E-state index < -0.39 is 17.1 Å². The first-order valence-corrected chi connectivity index (χ1v) is 12.9. The zero-order valence-corrected chi connectivity index (χ0v) is 21.9. The summed E-state index contributed by atoms with van der Waals surface area (Å²) in [4.78, 5) is 35.2. The van der Waals surface area contributed by atoms with E-state index in [1.165, 1.54) is 6.20 Å². The highest BCUT2D eigenvalue weighted by Gasteiger charge is 2.31. The van der Waals surface area contributed by atoms with Gasteiger partial charge in [0.05, 0.1) is 23.2 Å². The molecule has 3 aromatic rings. The molecular formula is C28H34N6O4. The molecule has 5 rings (SSSR count). The van der Waals surface area contributed by atoms with Crippen molar-refractivity contribution in [3.05, 3.63) is 64.2 Å². The minimum absolute atomic E-state index is 0.0260. The summed E-state index contributed by atoms with van der Waals surface area (Å²) >= 11 is 0. The fourth-order valence-electron chi connectivity index (χ4n) is 5.04. The van der Waals surface area contributed by atoms with Crippen LogP contribution in [0.5, 0.6) is 5.88 Å². The molecule has 10 heteroatoms. The first-order valence-electron chi connectivity index (χ1n) is 12.9. The van der Waals surface area contributed by atoms with Crippen LogP contribution >= 0.6 is 0 Å². The Balaban J connectivity index is 1.32. The van der Waals surface area contributed by atoms with Gasteiger partial charge in [0, 0.05) is 48.7 Å². The van der Waals surface area contributed by atoms with Gasteiger partial charge in [-0.15, -0.1) is 0 Å². The van der Waals surface area contributed by atoms with Gasteiger partial charge in [-0.05, 0) is 63.9 Å². The molecule has 0 saturated carbocycles. The monoisotopic (exact) mass is 518 g/mol. The fraction of sp³-hybridized carbons (Fsp3) is 0.393. The Morgan fingerprint density at radius 3 is 2.76 bits per heavy atom. The Morgan fingerprint density at radius 1 is 1.21 bits per heavy atom. The Hall–Kier alpha value is -4.05. The molecule has 2 aliphatic rings. The van der Waals surface area contributed by atoms with Crippen LogP contribution in [0.3, 0.4) is 0 Å². The first kappa shape index (κ1) is 25.6. The number of nitrogens with one attached hydrogen (secondary N) is 4. The van der Waals surface area contributed by atoms with Gasteiger partial charge in [-0.1, -0.05) is 0 Å². The van der Waals surface area contributed by atoms with Crippen molar-refractivity contribution < 1.29 is 14.6 Å². The molecule has 0 aliphatic carbocycles. The number of benzene rings is 1. The van der Waals surface area contributed by atoms with Crippen LogP contribution < -0.4 is 31.1 Å². The Bertz CT molecular complexity index is 1380. The third kappa shape index (κ3) is 5.31. The number of fused-ring (bicyclic) bond motifs is 1. The van der Waals surface area contributed by atoms with Crippen molar-refractivity contribution in [2.45, 2.75) is 39.2 Å². The van der Waals surface area contributed by atoms with Gasteiger partial charge in [0.15, 0.2) is 0 Å². The number of piperidine rings is 1. The zero-order valence-electron chi connectivity index (χ0n) is 21.9. The second-order valence-electron chi connectivity index (χ2n) is 10.4. The number of hydrogen-bond donors (Lipinski definition) is 5. The number of carbonyl (C=O) groups is 1. The van der Waals surface area contributed by atoms with Crippen molar-refractivity contribution >= 4 is 34.3 Å². The van der Waals surface area contributed by atoms with E-state index in [1.807, 2.05) is 45.0 Å². The van der Waals surface area contributed by atoms with E-state index in [0.717, 1.165) is 42.9 Å². The molecule has 4 heterocycles. The van der Waals surface area contributed by atoms with Crippen molar-refractivity contribution in [3.8, 4) is 5.88 Å². The van der Waals surface area contributed by atoms with Crippen molar-refractivity contribution in [1.82, 2.24) is 9.97 Å². The van der Waals surface area contributed by atoms with Crippen LogP contribution in [-0.4, -0.2) is 52.8 Å². The van der Waals surface area contributed by atoms with Crippen LogP contribution in [0.4, 0.5) is 28.4 Å². The third-order valence-corrected chi connectivity index (χ3v) is 7.31. The number of amides is 1. The van der Waals surface area contributed by atoms with Gasteiger partial charge in [-0.3, -0.25) is 9.59 Å². The molecule has 1 atom stereocenters. The van der Waals surface area contributed by atoms with Crippen molar-refractivity contribution in [2.75, 3.05) is 47.1 Å². The number of pyridine rings is 2. The number of anilines is 5. The summed E-state index contributed by atoms with van der Waals surface area (Å²) < 4.78 is 5.59. The number of hydrogen-bond acceptors (Lipinski definition) is 8. The summed E-state index contributed by atoms with van der Waals surface area (Å²) in [5.41, 5.74) is 3.07. The predicted octanol–water partition coefficient (Wildman–Crippen LogP) is 3.87. The molecule has 2 aliphatic heterocycles. The van der Waals surface area contributed by atoms with E-state index >= 15 is 0 Å². The number of carbonyl (C=O) groups excluding carboxylic acids is 1. The van der Waals surface area contributed by atoms with E-state index in [9.17, 15) is 14.7 Å². The highest BCUT2D eigenvalue weighted by atomic mass is 16.5. The molecule has 200 valence electrons. The summed E-state index contributed by atoms with van der Waals surface area (Å²) in [5.74, 6) is 0.211. The van der Waals surface area contributed by atoms with E-state index in [1.54, 1.807) is 12.3 Å². The van der Waals surface area contributed by atoms with Gasteiger partial charge in [-0.2, -0.15) is 0 Å². The number of aliphatic hydroxyl groups is 1. The van der Waals surface area contributed by atoms with Crippen molar-refractivity contribution in [3.63, 3.8) is 0 Å². The van der Waals surface area contributed by atoms with Crippen LogP contribution in [0.1, 0.15) is 42.6 Å². The molecular weight excluding hydrogens is 484 g/mol. The maximum Gasteiger partial charge on any atom is 0.263 e. The molecule has 1 unspecified atom stereocenters. The van der Waals surface area contributed by atoms with Gasteiger partial charge in [0.25, 0.3) is 11.5 Å². The van der Waals surface area contributed by atoms with Crippen LogP contribution in [0.2, 0.25) is 0 Å². The van der Waals surface area contributed by atoms with Gasteiger partial charge in [0.2, 0.25) is 5.88 Å². The van der Waals surface area contributed by atoms with E-state index in [2.05, 4.69) is 30.8 Å². The van der Waals surface area contributed by atoms with Crippen LogP contribution in [-0.2, 0) is 0 Å². The zero-order chi connectivity index (χ0) is 26.9. The quantitative estimate of drug-likeness (QED) is 0.332. The molecule has 10 nitrogen and oxygen atoms in total. The SMILES string of the molecule is Cc1c(Nc2cc[nH]c(=O)c2C(=O)Nc2ccc(N3CCCC(C(C)(C)O)C3)cc2)cnc2c1NCCO2. The molecule has 5 N–H and O–H groups in total. The summed E-state index contributed by atoms with van der Waals surface area (Å²) in [7, 11) is 0. The lowest BCUT2D eigenvalue weighted by Gasteiger charge is -2.39. The van der Waals surface area contributed by atoms with Crippen molar-refractivity contribution in [1.29, 1.82) is 0 Å². The first-order chi connectivity index (χ1) is 18.2. The molecule has 38 heavy (non-hydrogen) atoms. The van der Waals surface area contributed by atoms with E-state index in [0.29, 0.717) is 36.1 Å². The molecule has 0 radical (unpaired) electrons. The van der Waals surface area contributed by atoms with Gasteiger partial charge < -0.3 is 35.7 Å². The van der Waals surface area contributed by atoms with Crippen LogP contribution in [0.25, 0.3) is 0 Å². The minimum Gasteiger partial charge on any atom is -0.474 e. The van der Waals surface area contributed by atoms with Gasteiger partial charge >= 0.3 is 0 Å². The summed E-state index contributed by atoms with van der Waals surface area (Å²) in [6, 6.07) is 9.21. The number of rotatable bonds is 6. The standard InChI is InChI=1S/C28H34N6O4/c1-17-22(15-31-27-24(17)29-12-14-38-27)33-21-10-11-30-25(35)23(21)26(36)32-19-6-8-20(9-7-19)34-13-4-5-18(16-34)28(2,3)37/h6-11,15,18,29,37H,4-5,12-14,16H2,1-3H3,(H,32,36)(H2,30,33,35). The molecule has 2 aromatic heterocycles. The maximum atomic E-state index is 13.2. The second-order valence-corrected chi connectivity index (χ2v) is 10.4. The smallest absolute Gasteiger partial charge is 0.263 e. The van der Waals surface area contributed by atoms with E-state index in [-0.39, 0.29) is 11.5 Å². The molecule has 0 bridgehead atoms. The maximum absolute atomic E-state index is 13.2. The average molecular weight is 519 g/mol. The molecule has 1 saturated heterocycles. The predicted molar refractivity (Wildman–Crippen MR) is 149 cm³/mol. The highest BCUT2D eigenvalue weighted by Crippen LogP contribution is 2.34. The summed E-state index contributed by atoms with van der Waals surface area (Å²) in [6.07, 6.45) is 5.15. The number of nitrogens with zero attached hydrogens (tertiary/aromatic N) is 2. The Kier molecular flexibility index (Phi) is 6.98. The topological polar surface area (TPSA) is 132 Å². The minimum atomic E-state index is -0.723. The van der Waals surface area contributed by atoms with Crippen molar-refractivity contribution in [2.24, 2.45) is 5.92 Å². The van der Waals surface area contributed by atoms with Crippen LogP contribution in [0.15, 0.2) is 47.5 Å². The largest absolute Gasteiger partial charge is 0.474 e. The lowest BCUT2D eigenvalue weighted by Crippen LogP contribution is -2.44. The summed E-state index contributed by atoms with van der Waals surface area (Å²) in [5, 5.41) is 19.8. The fourth-order valence-corrected chi connectivity index (χ4v) is 5.04. The number of H-pyrrole nitrogens is 1. The number of aromatic nitrogens is 2. The molecule has 0 spiro atoms. The number of aromatic amines is 1. The van der Waals surface area contributed by atoms with Gasteiger partial charge in [0.1, 0.15) is 17.9 Å². The molecule has 1 amide bonds. The third-order valence-electron chi connectivity index (χ3n) is 7.31.